The van der Waals surface area contributed by atoms with Crippen molar-refractivity contribution >= 4 is 10.2 Å². The van der Waals surface area contributed by atoms with E-state index in [-0.39, 0.29) is 0 Å². The van der Waals surface area contributed by atoms with Gasteiger partial charge in [-0.05, 0) is 13.8 Å². The first-order valence-electron chi connectivity index (χ1n) is 1.87. The quantitative estimate of drug-likeness (QED) is 0.371. The number of allylic oxidation sites excluding steroid dienone is 1. The van der Waals surface area contributed by atoms with Crippen molar-refractivity contribution in [3.8, 4) is 0 Å². The molecule has 0 fully saturated rings. The highest BCUT2D eigenvalue weighted by molar-refractivity contribution is 6.17. The molecular formula is C4H10Si. The Balaban J connectivity index is 3.14. The molecule has 30 valence electrons. The van der Waals surface area contributed by atoms with E-state index in [4.69, 9.17) is 0 Å². The zero-order valence-corrected chi connectivity index (χ0v) is 6.08. The first kappa shape index (κ1) is 4.96. The van der Waals surface area contributed by atoms with Gasteiger partial charge in [0.15, 0.2) is 0 Å². The predicted octanol–water partition coefficient (Wildman–Crippen LogP) is 0.275. The van der Waals surface area contributed by atoms with E-state index in [2.05, 4.69) is 19.5 Å². The van der Waals surface area contributed by atoms with Crippen LogP contribution in [0.25, 0.3) is 0 Å². The van der Waals surface area contributed by atoms with Crippen molar-refractivity contribution in [3.05, 3.63) is 11.3 Å². The normalized spacial score (nSPS) is 7.60. The van der Waals surface area contributed by atoms with Crippen LogP contribution < -0.4 is 0 Å². The van der Waals surface area contributed by atoms with Gasteiger partial charge in [-0.15, -0.1) is 5.70 Å². The molecule has 0 nitrogen and oxygen atoms in total. The largest absolute Gasteiger partial charge is 0.107 e. The lowest BCUT2D eigenvalue weighted by atomic mass is 10.4. The van der Waals surface area contributed by atoms with Crippen molar-refractivity contribution in [1.82, 2.24) is 0 Å². The van der Waals surface area contributed by atoms with Gasteiger partial charge in [0.25, 0.3) is 0 Å². The van der Waals surface area contributed by atoms with Gasteiger partial charge in [0, 0.05) is 10.2 Å². The van der Waals surface area contributed by atoms with Gasteiger partial charge in [-0.2, -0.15) is 0 Å². The second kappa shape index (κ2) is 2.21. The summed E-state index contributed by atoms with van der Waals surface area (Å²) in [5, 5.41) is 0. The summed E-state index contributed by atoms with van der Waals surface area (Å²) in [5.74, 6) is 0. The van der Waals surface area contributed by atoms with Crippen LogP contribution in [0.2, 0.25) is 0 Å². The molecule has 0 aromatic heterocycles. The van der Waals surface area contributed by atoms with Crippen LogP contribution in [0.1, 0.15) is 13.8 Å². The van der Waals surface area contributed by atoms with Crippen molar-refractivity contribution in [2.45, 2.75) is 13.8 Å². The Kier molecular flexibility index (Phi) is 2.19. The molecule has 1 heteroatoms. The average Bonchev–Trinajstić information content (AvgIpc) is 1.38. The van der Waals surface area contributed by atoms with E-state index in [1.165, 1.54) is 15.8 Å². The average molecular weight is 86.2 g/mol. The Morgan fingerprint density at radius 1 is 1.60 bits per heavy atom. The van der Waals surface area contributed by atoms with Crippen LogP contribution in [-0.4, -0.2) is 10.2 Å². The third-order valence-corrected chi connectivity index (χ3v) is 1.73. The minimum absolute atomic E-state index is 1.21. The van der Waals surface area contributed by atoms with Crippen molar-refractivity contribution in [2.24, 2.45) is 0 Å². The third-order valence-electron chi connectivity index (χ3n) is 0.577. The van der Waals surface area contributed by atoms with Gasteiger partial charge in [0.05, 0.1) is 0 Å². The molecule has 0 spiro atoms. The lowest BCUT2D eigenvalue weighted by molar-refractivity contribution is 1.41. The van der Waals surface area contributed by atoms with Gasteiger partial charge in [0.1, 0.15) is 0 Å². The maximum atomic E-state index is 2.22. The Labute approximate surface area is 36.3 Å². The fraction of sp³-hybridized carbons (Fsp3) is 0.500. The molecule has 5 heavy (non-hydrogen) atoms. The summed E-state index contributed by atoms with van der Waals surface area (Å²) in [6, 6.07) is 0. The van der Waals surface area contributed by atoms with E-state index < -0.39 is 0 Å². The highest BCUT2D eigenvalue weighted by Crippen LogP contribution is 1.79. The zero-order valence-electron chi connectivity index (χ0n) is 4.08. The van der Waals surface area contributed by atoms with Crippen molar-refractivity contribution < 1.29 is 0 Å². The van der Waals surface area contributed by atoms with Crippen LogP contribution in [0.15, 0.2) is 11.3 Å². The first-order valence-corrected chi connectivity index (χ1v) is 3.02. The molecule has 0 aliphatic heterocycles. The second-order valence-corrected chi connectivity index (χ2v) is 1.94. The van der Waals surface area contributed by atoms with Crippen LogP contribution >= 0.6 is 0 Å². The maximum Gasteiger partial charge on any atom is 0.0290 e. The molecule has 0 saturated carbocycles. The Morgan fingerprint density at radius 2 is 1.80 bits per heavy atom. The van der Waals surface area contributed by atoms with Gasteiger partial charge >= 0.3 is 0 Å². The lowest BCUT2D eigenvalue weighted by Gasteiger charge is -1.74. The molecule has 0 aromatic carbocycles. The van der Waals surface area contributed by atoms with Gasteiger partial charge < -0.3 is 0 Å². The molecular weight excluding hydrogens is 76.1 g/mol. The standard InChI is InChI=1S/C4H10Si/c1-4(2)3-5/h3H,1-2,5H3. The molecule has 0 saturated heterocycles. The SMILES string of the molecule is CC(C)=C[SiH3]. The summed E-state index contributed by atoms with van der Waals surface area (Å²) in [6.45, 7) is 4.24. The molecule has 0 aliphatic carbocycles. The summed E-state index contributed by atoms with van der Waals surface area (Å²) in [5.41, 5.74) is 3.66. The van der Waals surface area contributed by atoms with Crippen LogP contribution in [0.3, 0.4) is 0 Å². The smallest absolute Gasteiger partial charge is 0.0290 e. The molecule has 0 radical (unpaired) electrons. The summed E-state index contributed by atoms with van der Waals surface area (Å²) in [7, 11) is 1.21. The predicted molar refractivity (Wildman–Crippen MR) is 29.4 cm³/mol. The Hall–Kier alpha value is -0.0431. The monoisotopic (exact) mass is 86.1 g/mol. The molecule has 0 rings (SSSR count). The number of hydrogen-bond acceptors (Lipinski definition) is 0. The van der Waals surface area contributed by atoms with E-state index >= 15 is 0 Å². The topological polar surface area (TPSA) is 0 Å². The zero-order chi connectivity index (χ0) is 4.28. The molecule has 0 heterocycles. The minimum Gasteiger partial charge on any atom is -0.107 e. The third kappa shape index (κ3) is 3.96. The minimum atomic E-state index is 1.21. The first-order chi connectivity index (χ1) is 2.27. The van der Waals surface area contributed by atoms with Crippen LogP contribution in [0, 0.1) is 0 Å². The van der Waals surface area contributed by atoms with Crippen molar-refractivity contribution in [2.75, 3.05) is 0 Å². The Bertz CT molecular complexity index is 41.6. The molecule has 0 bridgehead atoms. The van der Waals surface area contributed by atoms with E-state index in [1.807, 2.05) is 0 Å². The van der Waals surface area contributed by atoms with E-state index in [0.717, 1.165) is 0 Å². The van der Waals surface area contributed by atoms with Gasteiger partial charge in [-0.1, -0.05) is 5.57 Å². The highest BCUT2D eigenvalue weighted by atomic mass is 28.1. The van der Waals surface area contributed by atoms with E-state index in [9.17, 15) is 0 Å². The molecule has 0 atom stereocenters. The highest BCUT2D eigenvalue weighted by Gasteiger charge is 1.60. The maximum absolute atomic E-state index is 2.22. The lowest BCUT2D eigenvalue weighted by Crippen LogP contribution is -1.57. The van der Waals surface area contributed by atoms with E-state index in [1.54, 1.807) is 0 Å². The molecule has 0 N–H and O–H groups in total. The fourth-order valence-corrected chi connectivity index (χ4v) is 0. The molecule has 0 aromatic rings. The van der Waals surface area contributed by atoms with Gasteiger partial charge in [-0.3, -0.25) is 0 Å². The summed E-state index contributed by atoms with van der Waals surface area (Å²) >= 11 is 0. The molecule has 0 amide bonds. The van der Waals surface area contributed by atoms with Crippen LogP contribution in [0.5, 0.6) is 0 Å². The second-order valence-electron chi connectivity index (χ2n) is 1.37. The van der Waals surface area contributed by atoms with Crippen LogP contribution in [0.4, 0.5) is 0 Å². The summed E-state index contributed by atoms with van der Waals surface area (Å²) < 4.78 is 0. The molecule has 0 unspecified atom stereocenters. The number of rotatable bonds is 0. The van der Waals surface area contributed by atoms with Crippen molar-refractivity contribution in [1.29, 1.82) is 0 Å². The van der Waals surface area contributed by atoms with Crippen LogP contribution in [-0.2, 0) is 0 Å². The summed E-state index contributed by atoms with van der Waals surface area (Å²) in [6.07, 6.45) is 0. The number of hydrogen-bond donors (Lipinski definition) is 0. The fourth-order valence-electron chi connectivity index (χ4n) is 0. The summed E-state index contributed by atoms with van der Waals surface area (Å²) in [4.78, 5) is 0. The van der Waals surface area contributed by atoms with E-state index in [0.29, 0.717) is 0 Å². The van der Waals surface area contributed by atoms with Gasteiger partial charge in [-0.25, -0.2) is 0 Å². The molecule has 0 aliphatic rings. The van der Waals surface area contributed by atoms with Gasteiger partial charge in [0.2, 0.25) is 0 Å². The Morgan fingerprint density at radius 3 is 1.80 bits per heavy atom. The van der Waals surface area contributed by atoms with Crippen molar-refractivity contribution in [3.63, 3.8) is 0 Å².